The molecule has 0 spiro atoms. The lowest BCUT2D eigenvalue weighted by molar-refractivity contribution is 0.0955. The van der Waals surface area contributed by atoms with Crippen molar-refractivity contribution < 1.29 is 4.79 Å². The van der Waals surface area contributed by atoms with Gasteiger partial charge in [-0.15, -0.1) is 11.3 Å². The number of hydrogen-bond donors (Lipinski definition) is 1. The zero-order valence-corrected chi connectivity index (χ0v) is 15.6. The molecule has 0 aliphatic heterocycles. The van der Waals surface area contributed by atoms with Crippen LogP contribution < -0.4 is 5.32 Å². The fourth-order valence-corrected chi connectivity index (χ4v) is 4.34. The number of hydrogen-bond acceptors (Lipinski definition) is 3. The van der Waals surface area contributed by atoms with Crippen molar-refractivity contribution in [1.29, 1.82) is 0 Å². The number of nitrogens with one attached hydrogen (secondary N) is 1. The minimum absolute atomic E-state index is 0.0550. The summed E-state index contributed by atoms with van der Waals surface area (Å²) < 4.78 is 0. The van der Waals surface area contributed by atoms with Gasteiger partial charge in [0, 0.05) is 18.0 Å². The molecule has 3 rings (SSSR count). The van der Waals surface area contributed by atoms with Gasteiger partial charge < -0.3 is 10.2 Å². The van der Waals surface area contributed by atoms with Crippen molar-refractivity contribution in [3.63, 3.8) is 0 Å². The summed E-state index contributed by atoms with van der Waals surface area (Å²) in [6.45, 7) is 3.81. The van der Waals surface area contributed by atoms with Crippen LogP contribution in [0, 0.1) is 5.92 Å². The highest BCUT2D eigenvalue weighted by atomic mass is 32.1. The molecule has 0 fully saturated rings. The van der Waals surface area contributed by atoms with Crippen molar-refractivity contribution in [2.24, 2.45) is 5.92 Å². The molecule has 128 valence electrons. The second-order valence-electron chi connectivity index (χ2n) is 7.14. The Kier molecular flexibility index (Phi) is 5.36. The summed E-state index contributed by atoms with van der Waals surface area (Å²) >= 11 is 1.67. The zero-order chi connectivity index (χ0) is 17.1. The Bertz CT molecular complexity index is 703. The van der Waals surface area contributed by atoms with E-state index in [2.05, 4.69) is 61.6 Å². The van der Waals surface area contributed by atoms with Crippen molar-refractivity contribution in [1.82, 2.24) is 10.2 Å². The molecule has 1 aliphatic rings. The number of carbonyl (C=O) groups excluding carboxylic acids is 1. The average molecular weight is 343 g/mol. The summed E-state index contributed by atoms with van der Waals surface area (Å²) in [5.74, 6) is 0.795. The molecule has 0 unspecified atom stereocenters. The summed E-state index contributed by atoms with van der Waals surface area (Å²) in [5.41, 5.74) is 3.81. The number of amides is 1. The number of fused-ring (bicyclic) bond motifs is 1. The van der Waals surface area contributed by atoms with E-state index in [-0.39, 0.29) is 5.91 Å². The van der Waals surface area contributed by atoms with Crippen LogP contribution in [-0.2, 0) is 25.9 Å². The highest BCUT2D eigenvalue weighted by Gasteiger charge is 2.20. The number of aryl methyl sites for hydroxylation is 1. The molecule has 1 N–H and O–H groups in total. The van der Waals surface area contributed by atoms with Gasteiger partial charge in [-0.05, 0) is 62.0 Å². The van der Waals surface area contributed by atoms with E-state index < -0.39 is 0 Å². The predicted molar refractivity (Wildman–Crippen MR) is 101 cm³/mol. The van der Waals surface area contributed by atoms with Gasteiger partial charge in [0.1, 0.15) is 0 Å². The summed E-state index contributed by atoms with van der Waals surface area (Å²) in [5, 5.41) is 3.06. The van der Waals surface area contributed by atoms with Crippen LogP contribution in [0.5, 0.6) is 0 Å². The number of thiophene rings is 1. The number of carbonyl (C=O) groups is 1. The standard InChI is InChI=1S/C20H26N2OS/c1-14-4-9-18-17(10-14)11-19(24-18)20(23)21-12-15-5-7-16(8-6-15)13-22(2)3/h5-8,11,14H,4,9-10,12-13H2,1-3H3,(H,21,23)/t14-/m0/s1. The monoisotopic (exact) mass is 342 g/mol. The van der Waals surface area contributed by atoms with Gasteiger partial charge in [-0.3, -0.25) is 4.79 Å². The molecule has 3 nitrogen and oxygen atoms in total. The van der Waals surface area contributed by atoms with Gasteiger partial charge in [-0.25, -0.2) is 0 Å². The smallest absolute Gasteiger partial charge is 0.261 e. The Labute approximate surface area is 148 Å². The number of benzene rings is 1. The molecule has 0 saturated carbocycles. The third-order valence-electron chi connectivity index (χ3n) is 4.53. The van der Waals surface area contributed by atoms with Crippen LogP contribution in [-0.4, -0.2) is 24.9 Å². The molecule has 1 aliphatic carbocycles. The van der Waals surface area contributed by atoms with Gasteiger partial charge in [0.15, 0.2) is 0 Å². The molecule has 1 aromatic heterocycles. The zero-order valence-electron chi connectivity index (χ0n) is 14.8. The molecule has 1 aromatic carbocycles. The Morgan fingerprint density at radius 3 is 2.67 bits per heavy atom. The Morgan fingerprint density at radius 2 is 1.96 bits per heavy atom. The lowest BCUT2D eigenvalue weighted by atomic mass is 9.90. The summed E-state index contributed by atoms with van der Waals surface area (Å²) in [6.07, 6.45) is 3.49. The summed E-state index contributed by atoms with van der Waals surface area (Å²) in [6, 6.07) is 10.6. The Balaban J connectivity index is 1.57. The van der Waals surface area contributed by atoms with Gasteiger partial charge >= 0.3 is 0 Å². The first-order chi connectivity index (χ1) is 11.5. The topological polar surface area (TPSA) is 32.3 Å². The molecular formula is C20H26N2OS. The lowest BCUT2D eigenvalue weighted by Crippen LogP contribution is -2.21. The maximum absolute atomic E-state index is 12.4. The van der Waals surface area contributed by atoms with Crippen LogP contribution in [0.15, 0.2) is 30.3 Å². The predicted octanol–water partition coefficient (Wildman–Crippen LogP) is 3.86. The van der Waals surface area contributed by atoms with Gasteiger partial charge in [0.2, 0.25) is 0 Å². The van der Waals surface area contributed by atoms with Crippen LogP contribution in [0.3, 0.4) is 0 Å². The molecule has 4 heteroatoms. The minimum Gasteiger partial charge on any atom is -0.347 e. The first-order valence-corrected chi connectivity index (χ1v) is 9.45. The van der Waals surface area contributed by atoms with E-state index in [4.69, 9.17) is 0 Å². The second-order valence-corrected chi connectivity index (χ2v) is 8.28. The molecule has 24 heavy (non-hydrogen) atoms. The van der Waals surface area contributed by atoms with Crippen LogP contribution in [0.2, 0.25) is 0 Å². The number of nitrogens with zero attached hydrogens (tertiary/aromatic N) is 1. The fourth-order valence-electron chi connectivity index (χ4n) is 3.21. The summed E-state index contributed by atoms with van der Waals surface area (Å²) in [4.78, 5) is 16.8. The largest absolute Gasteiger partial charge is 0.347 e. The molecule has 2 aromatic rings. The van der Waals surface area contributed by atoms with Crippen LogP contribution in [0.1, 0.15) is 44.6 Å². The Hall–Kier alpha value is -1.65. The average Bonchev–Trinajstić information content (AvgIpc) is 2.96. The maximum atomic E-state index is 12.4. The molecule has 0 radical (unpaired) electrons. The van der Waals surface area contributed by atoms with E-state index in [0.29, 0.717) is 6.54 Å². The van der Waals surface area contributed by atoms with E-state index in [1.165, 1.54) is 22.4 Å². The third-order valence-corrected chi connectivity index (χ3v) is 5.76. The molecule has 0 bridgehead atoms. The van der Waals surface area contributed by atoms with E-state index >= 15 is 0 Å². The molecule has 1 heterocycles. The van der Waals surface area contributed by atoms with Gasteiger partial charge in [-0.2, -0.15) is 0 Å². The van der Waals surface area contributed by atoms with Crippen LogP contribution >= 0.6 is 11.3 Å². The Morgan fingerprint density at radius 1 is 1.25 bits per heavy atom. The van der Waals surface area contributed by atoms with E-state index in [9.17, 15) is 4.79 Å². The fraction of sp³-hybridized carbons (Fsp3) is 0.450. The highest BCUT2D eigenvalue weighted by Crippen LogP contribution is 2.32. The summed E-state index contributed by atoms with van der Waals surface area (Å²) in [7, 11) is 4.13. The maximum Gasteiger partial charge on any atom is 0.261 e. The van der Waals surface area contributed by atoms with Crippen molar-refractivity contribution in [2.75, 3.05) is 14.1 Å². The van der Waals surface area contributed by atoms with Gasteiger partial charge in [-0.1, -0.05) is 31.2 Å². The van der Waals surface area contributed by atoms with Crippen molar-refractivity contribution >= 4 is 17.2 Å². The highest BCUT2D eigenvalue weighted by molar-refractivity contribution is 7.14. The molecule has 1 atom stereocenters. The van der Waals surface area contributed by atoms with Crippen molar-refractivity contribution in [2.45, 2.75) is 39.3 Å². The van der Waals surface area contributed by atoms with Crippen LogP contribution in [0.25, 0.3) is 0 Å². The SMILES string of the molecule is C[C@H]1CCc2sc(C(=O)NCc3ccc(CN(C)C)cc3)cc2C1. The van der Waals surface area contributed by atoms with E-state index in [1.807, 2.05) is 0 Å². The molecular weight excluding hydrogens is 316 g/mol. The van der Waals surface area contributed by atoms with Crippen molar-refractivity contribution in [3.05, 3.63) is 56.8 Å². The molecule has 1 amide bonds. The first-order valence-electron chi connectivity index (χ1n) is 8.63. The van der Waals surface area contributed by atoms with E-state index in [1.54, 1.807) is 11.3 Å². The quantitative estimate of drug-likeness (QED) is 0.895. The molecule has 0 saturated heterocycles. The number of rotatable bonds is 5. The van der Waals surface area contributed by atoms with Crippen molar-refractivity contribution in [3.8, 4) is 0 Å². The second kappa shape index (κ2) is 7.49. The van der Waals surface area contributed by atoms with Gasteiger partial charge in [0.25, 0.3) is 5.91 Å². The van der Waals surface area contributed by atoms with Crippen LogP contribution in [0.4, 0.5) is 0 Å². The normalized spacial score (nSPS) is 16.9. The third kappa shape index (κ3) is 4.25. The minimum atomic E-state index is 0.0550. The van der Waals surface area contributed by atoms with Gasteiger partial charge in [0.05, 0.1) is 4.88 Å². The lowest BCUT2D eigenvalue weighted by Gasteiger charge is -2.16. The van der Waals surface area contributed by atoms with E-state index in [0.717, 1.165) is 35.7 Å². The first kappa shape index (κ1) is 17.2.